The summed E-state index contributed by atoms with van der Waals surface area (Å²) in [7, 11) is 0. The average Bonchev–Trinajstić information content (AvgIpc) is 2.28. The minimum Gasteiger partial charge on any atom is -0.460 e. The predicted octanol–water partition coefficient (Wildman–Crippen LogP) is 1.24. The third-order valence-electron chi connectivity index (χ3n) is 1.79. The van der Waals surface area contributed by atoms with Crippen molar-refractivity contribution in [1.29, 1.82) is 0 Å². The van der Waals surface area contributed by atoms with E-state index in [2.05, 4.69) is 4.74 Å². The van der Waals surface area contributed by atoms with Crippen LogP contribution in [0, 0.1) is 0 Å². The minimum atomic E-state index is -0.938. The van der Waals surface area contributed by atoms with Crippen molar-refractivity contribution in [1.82, 2.24) is 0 Å². The van der Waals surface area contributed by atoms with Gasteiger partial charge in [0.15, 0.2) is 6.29 Å². The van der Waals surface area contributed by atoms with E-state index in [-0.39, 0.29) is 17.7 Å². The Morgan fingerprint density at radius 2 is 2.00 bits per heavy atom. The zero-order valence-corrected chi connectivity index (χ0v) is 8.23. The van der Waals surface area contributed by atoms with Gasteiger partial charge in [-0.15, -0.1) is 0 Å². The van der Waals surface area contributed by atoms with E-state index in [1.807, 2.05) is 0 Å². The number of ketones is 1. The fraction of sp³-hybridized carbons (Fsp3) is 0.182. The Kier molecular flexibility index (Phi) is 3.74. The molecule has 0 radical (unpaired) electrons. The number of hydrogen-bond acceptors (Lipinski definition) is 4. The number of esters is 1. The van der Waals surface area contributed by atoms with Crippen LogP contribution in [0.25, 0.3) is 0 Å². The van der Waals surface area contributed by atoms with Gasteiger partial charge in [-0.3, -0.25) is 9.59 Å². The summed E-state index contributed by atoms with van der Waals surface area (Å²) in [5, 5.41) is 0. The standard InChI is InChI=1S/C11H10O4/c1-2-15-11(14)10(13)9-6-4-3-5-8(9)7-12/h3-7H,2H2,1H3. The minimum absolute atomic E-state index is 0.0750. The van der Waals surface area contributed by atoms with Crippen molar-refractivity contribution in [2.75, 3.05) is 6.61 Å². The Hall–Kier alpha value is -1.97. The molecule has 0 N–H and O–H groups in total. The molecule has 0 amide bonds. The van der Waals surface area contributed by atoms with Gasteiger partial charge >= 0.3 is 5.97 Å². The first kappa shape index (κ1) is 11.1. The summed E-state index contributed by atoms with van der Waals surface area (Å²) in [4.78, 5) is 33.2. The van der Waals surface area contributed by atoms with Gasteiger partial charge in [0.2, 0.25) is 0 Å². The van der Waals surface area contributed by atoms with E-state index in [1.54, 1.807) is 19.1 Å². The van der Waals surface area contributed by atoms with Crippen LogP contribution in [0.4, 0.5) is 0 Å². The summed E-state index contributed by atoms with van der Waals surface area (Å²) in [6.45, 7) is 1.74. The van der Waals surface area contributed by atoms with Crippen LogP contribution in [0.3, 0.4) is 0 Å². The van der Waals surface area contributed by atoms with E-state index in [9.17, 15) is 14.4 Å². The predicted molar refractivity (Wildman–Crippen MR) is 52.8 cm³/mol. The number of Topliss-reactive ketones (excluding diaryl/α,β-unsaturated/α-hetero) is 1. The number of benzene rings is 1. The van der Waals surface area contributed by atoms with Crippen molar-refractivity contribution in [2.24, 2.45) is 0 Å². The Morgan fingerprint density at radius 3 is 2.60 bits per heavy atom. The van der Waals surface area contributed by atoms with Crippen LogP contribution in [-0.2, 0) is 9.53 Å². The first-order valence-electron chi connectivity index (χ1n) is 4.46. The van der Waals surface area contributed by atoms with Crippen LogP contribution >= 0.6 is 0 Å². The van der Waals surface area contributed by atoms with Crippen molar-refractivity contribution in [3.8, 4) is 0 Å². The smallest absolute Gasteiger partial charge is 0.379 e. The van der Waals surface area contributed by atoms with Crippen molar-refractivity contribution < 1.29 is 19.1 Å². The van der Waals surface area contributed by atoms with Crippen molar-refractivity contribution in [3.63, 3.8) is 0 Å². The molecular weight excluding hydrogens is 196 g/mol. The second-order valence-corrected chi connectivity index (χ2v) is 2.75. The van der Waals surface area contributed by atoms with E-state index in [0.717, 1.165) is 0 Å². The zero-order chi connectivity index (χ0) is 11.3. The number of hydrogen-bond donors (Lipinski definition) is 0. The molecule has 0 saturated carbocycles. The molecule has 0 spiro atoms. The lowest BCUT2D eigenvalue weighted by molar-refractivity contribution is -0.137. The van der Waals surface area contributed by atoms with Gasteiger partial charge in [0.25, 0.3) is 5.78 Å². The van der Waals surface area contributed by atoms with Gasteiger partial charge in [-0.25, -0.2) is 4.79 Å². The Labute approximate surface area is 86.9 Å². The molecule has 0 unspecified atom stereocenters. The number of carbonyl (C=O) groups excluding carboxylic acids is 3. The number of rotatable bonds is 4. The maximum absolute atomic E-state index is 11.5. The third-order valence-corrected chi connectivity index (χ3v) is 1.79. The molecule has 1 aromatic carbocycles. The number of aldehydes is 1. The molecule has 4 heteroatoms. The van der Waals surface area contributed by atoms with Crippen LogP contribution in [-0.4, -0.2) is 24.6 Å². The molecule has 0 saturated heterocycles. The molecule has 0 aromatic heterocycles. The fourth-order valence-corrected chi connectivity index (χ4v) is 1.11. The first-order chi connectivity index (χ1) is 7.20. The highest BCUT2D eigenvalue weighted by Crippen LogP contribution is 2.07. The Bertz CT molecular complexity index is 395. The molecular formula is C11H10O4. The second-order valence-electron chi connectivity index (χ2n) is 2.75. The van der Waals surface area contributed by atoms with Crippen molar-refractivity contribution in [2.45, 2.75) is 6.92 Å². The van der Waals surface area contributed by atoms with Crippen LogP contribution < -0.4 is 0 Å². The van der Waals surface area contributed by atoms with E-state index in [1.165, 1.54) is 12.1 Å². The summed E-state index contributed by atoms with van der Waals surface area (Å²) < 4.78 is 4.55. The number of carbonyl (C=O) groups is 3. The lowest BCUT2D eigenvalue weighted by atomic mass is 10.0. The Balaban J connectivity index is 3.00. The quantitative estimate of drug-likeness (QED) is 0.322. The van der Waals surface area contributed by atoms with Gasteiger partial charge in [-0.05, 0) is 6.92 Å². The monoisotopic (exact) mass is 206 g/mol. The van der Waals surface area contributed by atoms with E-state index in [0.29, 0.717) is 6.29 Å². The Morgan fingerprint density at radius 1 is 1.33 bits per heavy atom. The first-order valence-corrected chi connectivity index (χ1v) is 4.46. The summed E-state index contributed by atoms with van der Waals surface area (Å²) >= 11 is 0. The number of ether oxygens (including phenoxy) is 1. The summed E-state index contributed by atoms with van der Waals surface area (Å²) in [6, 6.07) is 6.09. The normalized spacial score (nSPS) is 9.40. The average molecular weight is 206 g/mol. The molecule has 15 heavy (non-hydrogen) atoms. The second kappa shape index (κ2) is 5.05. The highest BCUT2D eigenvalue weighted by atomic mass is 16.5. The van der Waals surface area contributed by atoms with Crippen LogP contribution in [0.15, 0.2) is 24.3 Å². The van der Waals surface area contributed by atoms with Gasteiger partial charge in [-0.1, -0.05) is 24.3 Å². The van der Waals surface area contributed by atoms with E-state index >= 15 is 0 Å². The molecule has 4 nitrogen and oxygen atoms in total. The lowest BCUT2D eigenvalue weighted by Gasteiger charge is -2.02. The lowest BCUT2D eigenvalue weighted by Crippen LogP contribution is -2.18. The molecule has 1 aromatic rings. The van der Waals surface area contributed by atoms with Gasteiger partial charge in [-0.2, -0.15) is 0 Å². The van der Waals surface area contributed by atoms with Gasteiger partial charge < -0.3 is 4.74 Å². The maximum Gasteiger partial charge on any atom is 0.379 e. The van der Waals surface area contributed by atoms with Crippen LogP contribution in [0.2, 0.25) is 0 Å². The topological polar surface area (TPSA) is 60.4 Å². The van der Waals surface area contributed by atoms with Crippen LogP contribution in [0.1, 0.15) is 27.6 Å². The molecule has 1 rings (SSSR count). The van der Waals surface area contributed by atoms with Crippen molar-refractivity contribution >= 4 is 18.0 Å². The zero-order valence-electron chi connectivity index (χ0n) is 8.23. The largest absolute Gasteiger partial charge is 0.460 e. The molecule has 0 atom stereocenters. The maximum atomic E-state index is 11.5. The molecule has 78 valence electrons. The SMILES string of the molecule is CCOC(=O)C(=O)c1ccccc1C=O. The molecule has 0 bridgehead atoms. The molecule has 0 aliphatic rings. The highest BCUT2D eigenvalue weighted by Gasteiger charge is 2.19. The van der Waals surface area contributed by atoms with Crippen molar-refractivity contribution in [3.05, 3.63) is 35.4 Å². The molecule has 0 aliphatic carbocycles. The highest BCUT2D eigenvalue weighted by molar-refractivity contribution is 6.41. The van der Waals surface area contributed by atoms with E-state index < -0.39 is 11.8 Å². The van der Waals surface area contributed by atoms with E-state index in [4.69, 9.17) is 0 Å². The summed E-state index contributed by atoms with van der Waals surface area (Å²) in [5.41, 5.74) is 0.265. The molecule has 0 fully saturated rings. The summed E-state index contributed by atoms with van der Waals surface area (Å²) in [6.07, 6.45) is 0.534. The van der Waals surface area contributed by atoms with Crippen LogP contribution in [0.5, 0.6) is 0 Å². The van der Waals surface area contributed by atoms with Gasteiger partial charge in [0, 0.05) is 11.1 Å². The third kappa shape index (κ3) is 2.49. The molecule has 0 heterocycles. The van der Waals surface area contributed by atoms with Gasteiger partial charge in [0.1, 0.15) is 0 Å². The van der Waals surface area contributed by atoms with Gasteiger partial charge in [0.05, 0.1) is 6.61 Å². The summed E-state index contributed by atoms with van der Waals surface area (Å²) in [5.74, 6) is -1.73. The fourth-order valence-electron chi connectivity index (χ4n) is 1.11. The molecule has 0 aliphatic heterocycles.